The van der Waals surface area contributed by atoms with Gasteiger partial charge in [-0.15, -0.1) is 0 Å². The normalized spacial score (nSPS) is 25.4. The van der Waals surface area contributed by atoms with Crippen LogP contribution in [0.4, 0.5) is 0 Å². The van der Waals surface area contributed by atoms with Crippen molar-refractivity contribution in [1.29, 1.82) is 0 Å². The van der Waals surface area contributed by atoms with Gasteiger partial charge in [-0.05, 0) is 12.5 Å². The Bertz CT molecular complexity index is 459. The van der Waals surface area contributed by atoms with E-state index in [1.54, 1.807) is 4.31 Å². The first-order valence-electron chi connectivity index (χ1n) is 5.83. The van der Waals surface area contributed by atoms with Crippen LogP contribution in [0.5, 0.6) is 0 Å². The molecule has 1 saturated heterocycles. The first-order valence-corrected chi connectivity index (χ1v) is 7.44. The van der Waals surface area contributed by atoms with Crippen molar-refractivity contribution in [3.63, 3.8) is 0 Å². The number of nitrogens with one attached hydrogen (secondary N) is 1. The van der Waals surface area contributed by atoms with Crippen LogP contribution in [-0.2, 0) is 16.6 Å². The summed E-state index contributed by atoms with van der Waals surface area (Å²) in [6.07, 6.45) is 0. The van der Waals surface area contributed by atoms with Crippen LogP contribution >= 0.6 is 0 Å². The molecular weight excluding hydrogens is 236 g/mol. The monoisotopic (exact) mass is 254 g/mol. The van der Waals surface area contributed by atoms with E-state index in [1.807, 2.05) is 37.3 Å². The second kappa shape index (κ2) is 5.16. The van der Waals surface area contributed by atoms with Gasteiger partial charge >= 0.3 is 0 Å². The van der Waals surface area contributed by atoms with E-state index in [1.165, 1.54) is 0 Å². The third-order valence-corrected chi connectivity index (χ3v) is 4.71. The molecule has 0 aromatic heterocycles. The van der Waals surface area contributed by atoms with E-state index in [9.17, 15) is 8.42 Å². The van der Waals surface area contributed by atoms with E-state index < -0.39 is 10.0 Å². The summed E-state index contributed by atoms with van der Waals surface area (Å²) in [6, 6.07) is 9.92. The molecule has 1 fully saturated rings. The SMILES string of the molecule is CC1CN(Cc2ccccc2)S(=O)(=O)CCN1. The third-order valence-electron chi connectivity index (χ3n) is 2.93. The van der Waals surface area contributed by atoms with Crippen LogP contribution < -0.4 is 5.32 Å². The topological polar surface area (TPSA) is 49.4 Å². The lowest BCUT2D eigenvalue weighted by Crippen LogP contribution is -2.37. The number of rotatable bonds is 2. The van der Waals surface area contributed by atoms with Crippen molar-refractivity contribution in [2.24, 2.45) is 0 Å². The minimum Gasteiger partial charge on any atom is -0.312 e. The maximum absolute atomic E-state index is 12.0. The summed E-state index contributed by atoms with van der Waals surface area (Å²) in [5, 5.41) is 3.20. The van der Waals surface area contributed by atoms with Crippen LogP contribution in [0.25, 0.3) is 0 Å². The smallest absolute Gasteiger partial charge is 0.215 e. The fraction of sp³-hybridized carbons (Fsp3) is 0.500. The number of hydrogen-bond donors (Lipinski definition) is 1. The number of benzene rings is 1. The van der Waals surface area contributed by atoms with Crippen LogP contribution in [0.1, 0.15) is 12.5 Å². The van der Waals surface area contributed by atoms with Gasteiger partial charge in [0.1, 0.15) is 0 Å². The Balaban J connectivity index is 2.17. The van der Waals surface area contributed by atoms with Crippen molar-refractivity contribution < 1.29 is 8.42 Å². The zero-order valence-electron chi connectivity index (χ0n) is 9.96. The predicted molar refractivity (Wildman–Crippen MR) is 68.1 cm³/mol. The van der Waals surface area contributed by atoms with Gasteiger partial charge in [0.2, 0.25) is 10.0 Å². The Kier molecular flexibility index (Phi) is 3.81. The lowest BCUT2D eigenvalue weighted by atomic mass is 10.2. The zero-order chi connectivity index (χ0) is 12.3. The fourth-order valence-corrected chi connectivity index (χ4v) is 3.43. The Morgan fingerprint density at radius 3 is 2.76 bits per heavy atom. The van der Waals surface area contributed by atoms with Crippen molar-refractivity contribution in [2.75, 3.05) is 18.8 Å². The van der Waals surface area contributed by atoms with Gasteiger partial charge in [-0.3, -0.25) is 0 Å². The van der Waals surface area contributed by atoms with E-state index in [-0.39, 0.29) is 11.8 Å². The molecule has 1 heterocycles. The van der Waals surface area contributed by atoms with Crippen molar-refractivity contribution in [3.8, 4) is 0 Å². The van der Waals surface area contributed by atoms with Crippen LogP contribution in [0.2, 0.25) is 0 Å². The molecule has 0 bridgehead atoms. The summed E-state index contributed by atoms with van der Waals surface area (Å²) in [5.41, 5.74) is 1.03. The maximum Gasteiger partial charge on any atom is 0.215 e. The molecule has 1 aromatic rings. The standard InChI is InChI=1S/C12H18N2O2S/c1-11-9-14(17(15,16)8-7-13-11)10-12-5-3-2-4-6-12/h2-6,11,13H,7-10H2,1H3. The molecule has 2 rings (SSSR count). The van der Waals surface area contributed by atoms with Crippen LogP contribution in [0, 0.1) is 0 Å². The van der Waals surface area contributed by atoms with Crippen LogP contribution in [0.3, 0.4) is 0 Å². The summed E-state index contributed by atoms with van der Waals surface area (Å²) in [7, 11) is -3.12. The van der Waals surface area contributed by atoms with Gasteiger partial charge in [0.05, 0.1) is 5.75 Å². The number of nitrogens with zero attached hydrogens (tertiary/aromatic N) is 1. The number of sulfonamides is 1. The first-order chi connectivity index (χ1) is 8.08. The maximum atomic E-state index is 12.0. The van der Waals surface area contributed by atoms with E-state index >= 15 is 0 Å². The fourth-order valence-electron chi connectivity index (χ4n) is 2.00. The second-order valence-corrected chi connectivity index (χ2v) is 6.54. The molecule has 4 nitrogen and oxygen atoms in total. The second-order valence-electron chi connectivity index (χ2n) is 4.45. The van der Waals surface area contributed by atoms with Gasteiger partial charge in [0, 0.05) is 25.7 Å². The van der Waals surface area contributed by atoms with Gasteiger partial charge in [-0.1, -0.05) is 30.3 Å². The third kappa shape index (κ3) is 3.28. The van der Waals surface area contributed by atoms with Crippen molar-refractivity contribution >= 4 is 10.0 Å². The lowest BCUT2D eigenvalue weighted by Gasteiger charge is -2.21. The number of hydrogen-bond acceptors (Lipinski definition) is 3. The highest BCUT2D eigenvalue weighted by Crippen LogP contribution is 2.12. The molecule has 0 aliphatic carbocycles. The van der Waals surface area contributed by atoms with E-state index in [0.29, 0.717) is 19.6 Å². The van der Waals surface area contributed by atoms with E-state index in [4.69, 9.17) is 0 Å². The minimum absolute atomic E-state index is 0.185. The Hall–Kier alpha value is -0.910. The van der Waals surface area contributed by atoms with Crippen LogP contribution in [0.15, 0.2) is 30.3 Å². The van der Waals surface area contributed by atoms with Crippen molar-refractivity contribution in [3.05, 3.63) is 35.9 Å². The van der Waals surface area contributed by atoms with Gasteiger partial charge in [-0.25, -0.2) is 8.42 Å². The van der Waals surface area contributed by atoms with Gasteiger partial charge in [0.25, 0.3) is 0 Å². The highest BCUT2D eigenvalue weighted by atomic mass is 32.2. The molecule has 1 unspecified atom stereocenters. The zero-order valence-corrected chi connectivity index (χ0v) is 10.8. The molecule has 94 valence electrons. The molecule has 0 amide bonds. The van der Waals surface area contributed by atoms with Crippen LogP contribution in [-0.4, -0.2) is 37.6 Å². The Morgan fingerprint density at radius 2 is 2.06 bits per heavy atom. The molecule has 1 aromatic carbocycles. The average Bonchev–Trinajstić information content (AvgIpc) is 2.40. The highest BCUT2D eigenvalue weighted by molar-refractivity contribution is 7.89. The molecule has 1 N–H and O–H groups in total. The molecular formula is C12H18N2O2S. The Morgan fingerprint density at radius 1 is 1.35 bits per heavy atom. The molecule has 0 saturated carbocycles. The molecule has 1 aliphatic rings. The van der Waals surface area contributed by atoms with E-state index in [2.05, 4.69) is 5.32 Å². The average molecular weight is 254 g/mol. The molecule has 0 radical (unpaired) electrons. The van der Waals surface area contributed by atoms with Crippen molar-refractivity contribution in [1.82, 2.24) is 9.62 Å². The Labute approximate surface area is 103 Å². The minimum atomic E-state index is -3.12. The molecule has 1 aliphatic heterocycles. The summed E-state index contributed by atoms with van der Waals surface area (Å²) < 4.78 is 25.7. The summed E-state index contributed by atoms with van der Waals surface area (Å²) in [5.74, 6) is 0.185. The summed E-state index contributed by atoms with van der Waals surface area (Å²) in [4.78, 5) is 0. The quantitative estimate of drug-likeness (QED) is 0.849. The predicted octanol–water partition coefficient (Wildman–Crippen LogP) is 0.810. The molecule has 1 atom stereocenters. The molecule has 17 heavy (non-hydrogen) atoms. The summed E-state index contributed by atoms with van der Waals surface area (Å²) in [6.45, 7) is 3.56. The van der Waals surface area contributed by atoms with Gasteiger partial charge in [0.15, 0.2) is 0 Å². The van der Waals surface area contributed by atoms with E-state index in [0.717, 1.165) is 5.56 Å². The highest BCUT2D eigenvalue weighted by Gasteiger charge is 2.26. The lowest BCUT2D eigenvalue weighted by molar-refractivity contribution is 0.378. The van der Waals surface area contributed by atoms with Gasteiger partial charge < -0.3 is 5.32 Å². The first kappa shape index (κ1) is 12.5. The molecule has 5 heteroatoms. The van der Waals surface area contributed by atoms with Gasteiger partial charge in [-0.2, -0.15) is 4.31 Å². The summed E-state index contributed by atoms with van der Waals surface area (Å²) >= 11 is 0. The molecule has 0 spiro atoms. The van der Waals surface area contributed by atoms with Crippen molar-refractivity contribution in [2.45, 2.75) is 19.5 Å². The largest absolute Gasteiger partial charge is 0.312 e.